The van der Waals surface area contributed by atoms with Gasteiger partial charge in [0.25, 0.3) is 11.8 Å². The van der Waals surface area contributed by atoms with Gasteiger partial charge < -0.3 is 16.4 Å². The van der Waals surface area contributed by atoms with E-state index in [-0.39, 0.29) is 24.8 Å². The van der Waals surface area contributed by atoms with Crippen LogP contribution in [0.15, 0.2) is 72.8 Å². The SMILES string of the molecule is CN(CC(=O)Nc1ccc(-c2ccc(C(=O)N[C@@H](CN)C(=O)NO)cc2)cc1)Cc1ccc(F)cc1. The molecule has 3 rings (SSSR count). The number of nitrogens with two attached hydrogens (primary N) is 1. The average molecular weight is 494 g/mol. The van der Waals surface area contributed by atoms with E-state index in [1.54, 1.807) is 48.5 Å². The number of halogens is 1. The van der Waals surface area contributed by atoms with Gasteiger partial charge in [-0.15, -0.1) is 0 Å². The number of hydrogen-bond donors (Lipinski definition) is 5. The van der Waals surface area contributed by atoms with E-state index < -0.39 is 17.9 Å². The molecule has 3 aromatic rings. The number of nitrogens with one attached hydrogen (secondary N) is 3. The molecule has 0 heterocycles. The highest BCUT2D eigenvalue weighted by atomic mass is 19.1. The van der Waals surface area contributed by atoms with E-state index in [1.807, 2.05) is 24.1 Å². The predicted octanol–water partition coefficient (Wildman–Crippen LogP) is 2.13. The van der Waals surface area contributed by atoms with Gasteiger partial charge in [0.15, 0.2) is 0 Å². The van der Waals surface area contributed by atoms with Gasteiger partial charge in [-0.1, -0.05) is 36.4 Å². The van der Waals surface area contributed by atoms with Crippen molar-refractivity contribution in [2.75, 3.05) is 25.5 Å². The minimum Gasteiger partial charge on any atom is -0.339 e. The second kappa shape index (κ2) is 12.5. The van der Waals surface area contributed by atoms with Gasteiger partial charge in [-0.05, 0) is 60.1 Å². The summed E-state index contributed by atoms with van der Waals surface area (Å²) in [6.45, 7) is 0.527. The summed E-state index contributed by atoms with van der Waals surface area (Å²) in [4.78, 5) is 38.0. The first-order valence-electron chi connectivity index (χ1n) is 11.2. The molecule has 0 spiro atoms. The van der Waals surface area contributed by atoms with Crippen molar-refractivity contribution in [3.05, 3.63) is 89.7 Å². The van der Waals surface area contributed by atoms with Crippen molar-refractivity contribution in [1.82, 2.24) is 15.7 Å². The van der Waals surface area contributed by atoms with Crippen molar-refractivity contribution in [2.24, 2.45) is 5.73 Å². The lowest BCUT2D eigenvalue weighted by Crippen LogP contribution is -2.50. The Morgan fingerprint density at radius 1 is 0.944 bits per heavy atom. The largest absolute Gasteiger partial charge is 0.339 e. The highest BCUT2D eigenvalue weighted by Crippen LogP contribution is 2.22. The summed E-state index contributed by atoms with van der Waals surface area (Å²) in [5, 5.41) is 14.0. The Hall–Kier alpha value is -4.12. The Morgan fingerprint density at radius 2 is 1.53 bits per heavy atom. The van der Waals surface area contributed by atoms with Crippen molar-refractivity contribution in [3.63, 3.8) is 0 Å². The van der Waals surface area contributed by atoms with Crippen molar-refractivity contribution >= 4 is 23.4 Å². The Balaban J connectivity index is 1.54. The fourth-order valence-corrected chi connectivity index (χ4v) is 3.51. The van der Waals surface area contributed by atoms with Crippen LogP contribution in [-0.4, -0.2) is 54.0 Å². The molecule has 0 saturated carbocycles. The number of benzene rings is 3. The lowest BCUT2D eigenvalue weighted by atomic mass is 10.0. The number of carbonyl (C=O) groups is 3. The third-order valence-electron chi connectivity index (χ3n) is 5.40. The molecule has 3 amide bonds. The van der Waals surface area contributed by atoms with E-state index in [1.165, 1.54) is 17.6 Å². The Labute approximate surface area is 208 Å². The number of amides is 3. The summed E-state index contributed by atoms with van der Waals surface area (Å²) in [6, 6.07) is 19.1. The highest BCUT2D eigenvalue weighted by Gasteiger charge is 2.19. The first-order valence-corrected chi connectivity index (χ1v) is 11.2. The molecule has 1 atom stereocenters. The zero-order valence-corrected chi connectivity index (χ0v) is 19.7. The highest BCUT2D eigenvalue weighted by molar-refractivity contribution is 5.98. The lowest BCUT2D eigenvalue weighted by molar-refractivity contribution is -0.130. The fraction of sp³-hybridized carbons (Fsp3) is 0.192. The minimum absolute atomic E-state index is 0.163. The van der Waals surface area contributed by atoms with Crippen molar-refractivity contribution < 1.29 is 24.0 Å². The third-order valence-corrected chi connectivity index (χ3v) is 5.40. The van der Waals surface area contributed by atoms with Crippen LogP contribution in [-0.2, 0) is 16.1 Å². The maximum Gasteiger partial charge on any atom is 0.267 e. The molecular formula is C26H28FN5O4. The molecule has 0 aliphatic heterocycles. The van der Waals surface area contributed by atoms with Gasteiger partial charge in [-0.25, -0.2) is 9.87 Å². The number of nitrogens with zero attached hydrogens (tertiary/aromatic N) is 1. The molecule has 3 aromatic carbocycles. The van der Waals surface area contributed by atoms with Crippen LogP contribution >= 0.6 is 0 Å². The van der Waals surface area contributed by atoms with Gasteiger partial charge in [0.1, 0.15) is 11.9 Å². The van der Waals surface area contributed by atoms with E-state index in [0.29, 0.717) is 17.8 Å². The number of likely N-dealkylation sites (N-methyl/N-ethyl adjacent to an activating group) is 1. The zero-order valence-electron chi connectivity index (χ0n) is 19.7. The van der Waals surface area contributed by atoms with E-state index in [0.717, 1.165) is 16.7 Å². The van der Waals surface area contributed by atoms with E-state index in [9.17, 15) is 18.8 Å². The molecule has 6 N–H and O–H groups in total. The van der Waals surface area contributed by atoms with Crippen LogP contribution in [0.2, 0.25) is 0 Å². The van der Waals surface area contributed by atoms with E-state index >= 15 is 0 Å². The molecule has 0 radical (unpaired) electrons. The van der Waals surface area contributed by atoms with E-state index in [2.05, 4.69) is 10.6 Å². The second-order valence-corrected chi connectivity index (χ2v) is 8.24. The van der Waals surface area contributed by atoms with Gasteiger partial charge in [0.05, 0.1) is 6.54 Å². The van der Waals surface area contributed by atoms with Crippen molar-refractivity contribution in [2.45, 2.75) is 12.6 Å². The normalized spacial score (nSPS) is 11.6. The Bertz CT molecular complexity index is 1180. The molecule has 36 heavy (non-hydrogen) atoms. The minimum atomic E-state index is -1.05. The summed E-state index contributed by atoms with van der Waals surface area (Å²) in [6.07, 6.45) is 0. The summed E-state index contributed by atoms with van der Waals surface area (Å²) < 4.78 is 13.0. The molecule has 0 aliphatic carbocycles. The summed E-state index contributed by atoms with van der Waals surface area (Å²) >= 11 is 0. The molecule has 0 aromatic heterocycles. The second-order valence-electron chi connectivity index (χ2n) is 8.24. The zero-order chi connectivity index (χ0) is 26.1. The Morgan fingerprint density at radius 3 is 2.08 bits per heavy atom. The quantitative estimate of drug-likeness (QED) is 0.217. The number of hydroxylamine groups is 1. The predicted molar refractivity (Wildman–Crippen MR) is 133 cm³/mol. The van der Waals surface area contributed by atoms with Crippen molar-refractivity contribution in [3.8, 4) is 11.1 Å². The van der Waals surface area contributed by atoms with E-state index in [4.69, 9.17) is 10.9 Å². The topological polar surface area (TPSA) is 137 Å². The third kappa shape index (κ3) is 7.44. The molecule has 188 valence electrons. The molecule has 0 aliphatic rings. The van der Waals surface area contributed by atoms with Crippen LogP contribution in [0.3, 0.4) is 0 Å². The fourth-order valence-electron chi connectivity index (χ4n) is 3.51. The van der Waals surface area contributed by atoms with Crippen LogP contribution in [0.25, 0.3) is 11.1 Å². The number of anilines is 1. The smallest absolute Gasteiger partial charge is 0.267 e. The molecule has 0 saturated heterocycles. The van der Waals surface area contributed by atoms with Crippen molar-refractivity contribution in [1.29, 1.82) is 0 Å². The van der Waals surface area contributed by atoms with Gasteiger partial charge in [-0.2, -0.15) is 0 Å². The molecule has 0 bridgehead atoms. The van der Waals surface area contributed by atoms with Gasteiger partial charge >= 0.3 is 0 Å². The summed E-state index contributed by atoms with van der Waals surface area (Å²) in [5.74, 6) is -1.76. The molecule has 10 heteroatoms. The Kier molecular flexibility index (Phi) is 9.23. The monoisotopic (exact) mass is 493 g/mol. The first kappa shape index (κ1) is 26.5. The van der Waals surface area contributed by atoms with Crippen LogP contribution in [0.4, 0.5) is 10.1 Å². The number of carbonyl (C=O) groups excluding carboxylic acids is 3. The maximum absolute atomic E-state index is 13.0. The molecular weight excluding hydrogens is 465 g/mol. The standard InChI is InChI=1S/C26H28FN5O4/c1-32(15-17-2-10-21(27)11-3-17)16-24(33)29-22-12-8-19(9-13-22)18-4-6-20(7-5-18)25(34)30-23(14-28)26(35)31-36/h2-13,23,36H,14-16,28H2,1H3,(H,29,33)(H,30,34)(H,31,35)/t23-/m0/s1. The number of hydrogen-bond acceptors (Lipinski definition) is 6. The van der Waals surface area contributed by atoms with Crippen LogP contribution < -0.4 is 21.8 Å². The lowest BCUT2D eigenvalue weighted by Gasteiger charge is -2.16. The average Bonchev–Trinajstić information content (AvgIpc) is 2.88. The first-order chi connectivity index (χ1) is 17.3. The summed E-state index contributed by atoms with van der Waals surface area (Å²) in [7, 11) is 1.81. The summed E-state index contributed by atoms with van der Waals surface area (Å²) in [5.41, 5.74) is 10.5. The maximum atomic E-state index is 13.0. The number of rotatable bonds is 10. The van der Waals surface area contributed by atoms with Crippen LogP contribution in [0.5, 0.6) is 0 Å². The van der Waals surface area contributed by atoms with Gasteiger partial charge in [-0.3, -0.25) is 24.5 Å². The van der Waals surface area contributed by atoms with Gasteiger partial charge in [0.2, 0.25) is 5.91 Å². The molecule has 0 fully saturated rings. The van der Waals surface area contributed by atoms with Crippen LogP contribution in [0, 0.1) is 5.82 Å². The van der Waals surface area contributed by atoms with Gasteiger partial charge in [0, 0.05) is 24.3 Å². The van der Waals surface area contributed by atoms with Crippen LogP contribution in [0.1, 0.15) is 15.9 Å². The molecule has 0 unspecified atom stereocenters. The molecule has 9 nitrogen and oxygen atoms in total.